The lowest BCUT2D eigenvalue weighted by Gasteiger charge is -2.33. The Morgan fingerprint density at radius 1 is 0.842 bits per heavy atom. The zero-order valence-corrected chi connectivity index (χ0v) is 8.88. The molecule has 19 heavy (non-hydrogen) atoms. The van der Waals surface area contributed by atoms with Crippen LogP contribution in [0.15, 0.2) is 0 Å². The average Bonchev–Trinajstić information content (AvgIpc) is 2.14. The molecular formula is C8H7F9O2. The monoisotopic (exact) mass is 306 g/mol. The van der Waals surface area contributed by atoms with Crippen LogP contribution in [-0.4, -0.2) is 35.0 Å². The van der Waals surface area contributed by atoms with Gasteiger partial charge in [0.2, 0.25) is 0 Å². The van der Waals surface area contributed by atoms with Crippen molar-refractivity contribution in [2.24, 2.45) is 0 Å². The molecular weight excluding hydrogens is 299 g/mol. The minimum atomic E-state index is -6.92. The van der Waals surface area contributed by atoms with E-state index in [0.717, 1.165) is 0 Å². The maximum Gasteiger partial charge on any atom is 0.460 e. The minimum Gasteiger partial charge on any atom is -0.481 e. The van der Waals surface area contributed by atoms with E-state index < -0.39 is 49.2 Å². The summed E-state index contributed by atoms with van der Waals surface area (Å²) < 4.78 is 110. The molecule has 0 saturated carbocycles. The molecule has 0 spiro atoms. The maximum atomic E-state index is 12.8. The Bertz CT molecular complexity index is 334. The van der Waals surface area contributed by atoms with E-state index in [1.54, 1.807) is 0 Å². The Morgan fingerprint density at radius 2 is 1.26 bits per heavy atom. The van der Waals surface area contributed by atoms with Crippen molar-refractivity contribution in [1.29, 1.82) is 0 Å². The van der Waals surface area contributed by atoms with Gasteiger partial charge in [-0.3, -0.25) is 4.79 Å². The smallest absolute Gasteiger partial charge is 0.460 e. The van der Waals surface area contributed by atoms with Gasteiger partial charge in [0, 0.05) is 12.8 Å². The van der Waals surface area contributed by atoms with E-state index >= 15 is 0 Å². The highest BCUT2D eigenvalue weighted by molar-refractivity contribution is 5.66. The van der Waals surface area contributed by atoms with Crippen LogP contribution in [0.25, 0.3) is 0 Å². The van der Waals surface area contributed by atoms with Gasteiger partial charge in [-0.25, -0.2) is 0 Å². The third-order valence-electron chi connectivity index (χ3n) is 2.09. The van der Waals surface area contributed by atoms with Crippen molar-refractivity contribution in [2.45, 2.75) is 43.2 Å². The molecule has 0 radical (unpaired) electrons. The van der Waals surface area contributed by atoms with Crippen LogP contribution in [0.4, 0.5) is 39.5 Å². The number of hydrogen-bond acceptors (Lipinski definition) is 1. The molecule has 0 aliphatic carbocycles. The SMILES string of the molecule is O=C(O)CCCC(F)(F)C(F)(F)C(F)(F)C(F)(F)F. The third-order valence-corrected chi connectivity index (χ3v) is 2.09. The summed E-state index contributed by atoms with van der Waals surface area (Å²) >= 11 is 0. The fourth-order valence-electron chi connectivity index (χ4n) is 1.03. The molecule has 0 aromatic rings. The van der Waals surface area contributed by atoms with E-state index in [4.69, 9.17) is 5.11 Å². The first kappa shape index (κ1) is 17.8. The lowest BCUT2D eigenvalue weighted by atomic mass is 9.99. The van der Waals surface area contributed by atoms with Gasteiger partial charge >= 0.3 is 29.9 Å². The molecule has 11 heteroatoms. The lowest BCUT2D eigenvalue weighted by molar-refractivity contribution is -0.396. The van der Waals surface area contributed by atoms with Crippen LogP contribution in [0, 0.1) is 0 Å². The zero-order chi connectivity index (χ0) is 15.7. The van der Waals surface area contributed by atoms with Crippen molar-refractivity contribution < 1.29 is 49.4 Å². The molecule has 0 amide bonds. The molecule has 0 atom stereocenters. The minimum absolute atomic E-state index is 1.07. The van der Waals surface area contributed by atoms with Crippen LogP contribution >= 0.6 is 0 Å². The number of aliphatic carboxylic acids is 1. The number of alkyl halides is 9. The van der Waals surface area contributed by atoms with Crippen molar-refractivity contribution >= 4 is 5.97 Å². The van der Waals surface area contributed by atoms with Gasteiger partial charge in [-0.2, -0.15) is 39.5 Å². The summed E-state index contributed by atoms with van der Waals surface area (Å²) in [7, 11) is 0. The van der Waals surface area contributed by atoms with Gasteiger partial charge in [0.05, 0.1) is 0 Å². The summed E-state index contributed by atoms with van der Waals surface area (Å²) in [5, 5.41) is 8.04. The van der Waals surface area contributed by atoms with E-state index in [1.807, 2.05) is 0 Å². The molecule has 0 aliphatic heterocycles. The fraction of sp³-hybridized carbons (Fsp3) is 0.875. The molecule has 0 aliphatic rings. The Kier molecular flexibility index (Phi) is 4.77. The number of hydrogen-bond donors (Lipinski definition) is 1. The molecule has 0 heterocycles. The summed E-state index contributed by atoms with van der Waals surface area (Å²) in [6.07, 6.45) is -11.2. The van der Waals surface area contributed by atoms with Gasteiger partial charge in [-0.15, -0.1) is 0 Å². The van der Waals surface area contributed by atoms with Crippen LogP contribution in [0.5, 0.6) is 0 Å². The van der Waals surface area contributed by atoms with E-state index in [2.05, 4.69) is 0 Å². The number of carboxylic acid groups (broad SMARTS) is 1. The summed E-state index contributed by atoms with van der Waals surface area (Å²) in [6.45, 7) is 0. The summed E-state index contributed by atoms with van der Waals surface area (Å²) in [5.41, 5.74) is 0. The van der Waals surface area contributed by atoms with Crippen molar-refractivity contribution in [3.63, 3.8) is 0 Å². The second kappa shape index (κ2) is 5.08. The molecule has 0 bridgehead atoms. The predicted octanol–water partition coefficient (Wildman–Crippen LogP) is 3.71. The Hall–Kier alpha value is -1.16. The molecule has 0 aromatic carbocycles. The van der Waals surface area contributed by atoms with Gasteiger partial charge in [-0.05, 0) is 6.42 Å². The Labute approximate surface area is 99.7 Å². The largest absolute Gasteiger partial charge is 0.481 e. The Balaban J connectivity index is 5.11. The number of carboxylic acids is 1. The van der Waals surface area contributed by atoms with Gasteiger partial charge < -0.3 is 5.11 Å². The maximum absolute atomic E-state index is 12.8. The van der Waals surface area contributed by atoms with Crippen LogP contribution in [-0.2, 0) is 4.79 Å². The van der Waals surface area contributed by atoms with Crippen molar-refractivity contribution in [3.8, 4) is 0 Å². The first-order valence-corrected chi connectivity index (χ1v) is 4.59. The molecule has 0 unspecified atom stereocenters. The molecule has 0 aromatic heterocycles. The van der Waals surface area contributed by atoms with Crippen molar-refractivity contribution in [2.75, 3.05) is 0 Å². The van der Waals surface area contributed by atoms with E-state index in [1.165, 1.54) is 0 Å². The normalized spacial score (nSPS) is 14.6. The molecule has 2 nitrogen and oxygen atoms in total. The summed E-state index contributed by atoms with van der Waals surface area (Å²) in [4.78, 5) is 9.93. The van der Waals surface area contributed by atoms with E-state index in [9.17, 15) is 44.3 Å². The number of rotatable bonds is 6. The quantitative estimate of drug-likeness (QED) is 0.760. The van der Waals surface area contributed by atoms with Crippen LogP contribution in [0.1, 0.15) is 19.3 Å². The fourth-order valence-corrected chi connectivity index (χ4v) is 1.03. The average molecular weight is 306 g/mol. The van der Waals surface area contributed by atoms with Crippen LogP contribution in [0.3, 0.4) is 0 Å². The highest BCUT2D eigenvalue weighted by Gasteiger charge is 2.81. The summed E-state index contributed by atoms with van der Waals surface area (Å²) in [5.74, 6) is -21.0. The molecule has 1 N–H and O–H groups in total. The van der Waals surface area contributed by atoms with Gasteiger partial charge in [0.25, 0.3) is 0 Å². The Morgan fingerprint density at radius 3 is 1.58 bits per heavy atom. The second-order valence-electron chi connectivity index (χ2n) is 3.60. The first-order chi connectivity index (χ1) is 8.17. The topological polar surface area (TPSA) is 37.3 Å². The van der Waals surface area contributed by atoms with E-state index in [0.29, 0.717) is 0 Å². The van der Waals surface area contributed by atoms with Crippen molar-refractivity contribution in [3.05, 3.63) is 0 Å². The molecule has 0 saturated heterocycles. The first-order valence-electron chi connectivity index (χ1n) is 4.59. The summed E-state index contributed by atoms with van der Waals surface area (Å²) in [6, 6.07) is 0. The van der Waals surface area contributed by atoms with E-state index in [-0.39, 0.29) is 0 Å². The number of halogens is 9. The van der Waals surface area contributed by atoms with Gasteiger partial charge in [0.15, 0.2) is 0 Å². The highest BCUT2D eigenvalue weighted by Crippen LogP contribution is 2.54. The molecule has 0 rings (SSSR count). The van der Waals surface area contributed by atoms with Gasteiger partial charge in [0.1, 0.15) is 0 Å². The lowest BCUT2D eigenvalue weighted by Crippen LogP contribution is -2.60. The second-order valence-corrected chi connectivity index (χ2v) is 3.60. The third kappa shape index (κ3) is 3.44. The predicted molar refractivity (Wildman–Crippen MR) is 42.4 cm³/mol. The molecule has 114 valence electrons. The zero-order valence-electron chi connectivity index (χ0n) is 8.88. The van der Waals surface area contributed by atoms with Crippen LogP contribution < -0.4 is 0 Å². The van der Waals surface area contributed by atoms with Crippen molar-refractivity contribution in [1.82, 2.24) is 0 Å². The standard InChI is InChI=1S/C8H7F9O2/c9-5(10,3-1-2-4(18)19)6(11,12)7(13,14)8(15,16)17/h1-3H2,(H,18,19). The molecule has 0 fully saturated rings. The highest BCUT2D eigenvalue weighted by atomic mass is 19.4. The number of carbonyl (C=O) groups is 1. The van der Waals surface area contributed by atoms with Gasteiger partial charge in [-0.1, -0.05) is 0 Å². The van der Waals surface area contributed by atoms with Crippen LogP contribution in [0.2, 0.25) is 0 Å².